The summed E-state index contributed by atoms with van der Waals surface area (Å²) >= 11 is 0. The van der Waals surface area contributed by atoms with Gasteiger partial charge in [0.1, 0.15) is 5.82 Å². The first-order valence-electron chi connectivity index (χ1n) is 6.83. The highest BCUT2D eigenvalue weighted by Gasteiger charge is 2.02. The smallest absolute Gasteiger partial charge is 0.123 e. The minimum absolute atomic E-state index is 0.167. The Hall–Kier alpha value is -2.13. The van der Waals surface area contributed by atoms with Gasteiger partial charge in [-0.25, -0.2) is 4.39 Å². The van der Waals surface area contributed by atoms with Crippen LogP contribution in [0.25, 0.3) is 10.9 Å². The summed E-state index contributed by atoms with van der Waals surface area (Å²) in [6.07, 6.45) is 2.87. The van der Waals surface area contributed by atoms with Gasteiger partial charge in [0.2, 0.25) is 0 Å². The minimum Gasteiger partial charge on any atom is -0.361 e. The van der Waals surface area contributed by atoms with Crippen molar-refractivity contribution in [3.63, 3.8) is 0 Å². The third-order valence-corrected chi connectivity index (χ3v) is 3.47. The monoisotopic (exact) mass is 268 g/mol. The van der Waals surface area contributed by atoms with Crippen LogP contribution >= 0.6 is 0 Å². The average Bonchev–Trinajstić information content (AvgIpc) is 2.87. The Balaban J connectivity index is 1.55. The van der Waals surface area contributed by atoms with Crippen LogP contribution in [0.4, 0.5) is 4.39 Å². The van der Waals surface area contributed by atoms with Crippen LogP contribution in [0.1, 0.15) is 11.1 Å². The predicted octanol–water partition coefficient (Wildman–Crippen LogP) is 3.64. The van der Waals surface area contributed by atoms with Gasteiger partial charge in [0, 0.05) is 23.6 Å². The molecule has 20 heavy (non-hydrogen) atoms. The van der Waals surface area contributed by atoms with Crippen LogP contribution in [0.5, 0.6) is 0 Å². The lowest BCUT2D eigenvalue weighted by atomic mass is 10.1. The van der Waals surface area contributed by atoms with Gasteiger partial charge in [-0.05, 0) is 42.3 Å². The largest absolute Gasteiger partial charge is 0.361 e. The number of nitrogens with one attached hydrogen (secondary N) is 2. The van der Waals surface area contributed by atoms with Crippen LogP contribution in [-0.4, -0.2) is 11.5 Å². The summed E-state index contributed by atoms with van der Waals surface area (Å²) < 4.78 is 13.0. The number of aromatic nitrogens is 1. The Morgan fingerprint density at radius 1 is 1.05 bits per heavy atom. The van der Waals surface area contributed by atoms with E-state index in [1.165, 1.54) is 17.0 Å². The van der Waals surface area contributed by atoms with E-state index in [2.05, 4.69) is 22.4 Å². The van der Waals surface area contributed by atoms with Gasteiger partial charge in [-0.2, -0.15) is 0 Å². The summed E-state index contributed by atoms with van der Waals surface area (Å²) in [5.41, 5.74) is 3.45. The molecular weight excluding hydrogens is 251 g/mol. The Bertz CT molecular complexity index is 703. The molecule has 2 nitrogen and oxygen atoms in total. The quantitative estimate of drug-likeness (QED) is 0.679. The molecule has 0 radical (unpaired) electrons. The van der Waals surface area contributed by atoms with Crippen LogP contribution in [0.2, 0.25) is 0 Å². The summed E-state index contributed by atoms with van der Waals surface area (Å²) in [5.74, 6) is -0.167. The Morgan fingerprint density at radius 2 is 1.95 bits per heavy atom. The number of fused-ring (bicyclic) bond motifs is 1. The van der Waals surface area contributed by atoms with Gasteiger partial charge in [-0.1, -0.05) is 30.3 Å². The van der Waals surface area contributed by atoms with Crippen molar-refractivity contribution in [3.8, 4) is 0 Å². The van der Waals surface area contributed by atoms with Crippen LogP contribution in [0.15, 0.2) is 54.7 Å². The zero-order chi connectivity index (χ0) is 13.8. The van der Waals surface area contributed by atoms with Gasteiger partial charge in [-0.15, -0.1) is 0 Å². The van der Waals surface area contributed by atoms with E-state index in [-0.39, 0.29) is 5.82 Å². The molecule has 1 aromatic heterocycles. The highest BCUT2D eigenvalue weighted by atomic mass is 19.1. The zero-order valence-electron chi connectivity index (χ0n) is 11.2. The third-order valence-electron chi connectivity index (χ3n) is 3.47. The molecule has 0 aliphatic carbocycles. The number of benzene rings is 2. The summed E-state index contributed by atoms with van der Waals surface area (Å²) in [4.78, 5) is 3.26. The number of H-pyrrole nitrogens is 1. The topological polar surface area (TPSA) is 27.8 Å². The Labute approximate surface area is 117 Å². The summed E-state index contributed by atoms with van der Waals surface area (Å²) in [6.45, 7) is 1.66. The van der Waals surface area contributed by atoms with E-state index in [9.17, 15) is 4.39 Å². The molecule has 0 saturated carbocycles. The minimum atomic E-state index is -0.167. The van der Waals surface area contributed by atoms with Crippen molar-refractivity contribution in [3.05, 3.63) is 71.7 Å². The molecule has 0 aliphatic rings. The summed E-state index contributed by atoms with van der Waals surface area (Å²) in [5, 5.41) is 4.66. The lowest BCUT2D eigenvalue weighted by Gasteiger charge is -2.04. The zero-order valence-corrected chi connectivity index (χ0v) is 11.2. The number of rotatable bonds is 5. The Morgan fingerprint density at radius 3 is 2.85 bits per heavy atom. The molecule has 1 heterocycles. The molecule has 2 aromatic carbocycles. The lowest BCUT2D eigenvalue weighted by Crippen LogP contribution is -2.16. The maximum absolute atomic E-state index is 13.0. The second-order valence-corrected chi connectivity index (χ2v) is 4.92. The second kappa shape index (κ2) is 5.88. The van der Waals surface area contributed by atoms with Crippen molar-refractivity contribution in [2.45, 2.75) is 13.0 Å². The molecule has 3 heteroatoms. The molecule has 0 atom stereocenters. The van der Waals surface area contributed by atoms with E-state index in [1.807, 2.05) is 24.4 Å². The van der Waals surface area contributed by atoms with E-state index in [1.54, 1.807) is 12.1 Å². The van der Waals surface area contributed by atoms with Gasteiger partial charge in [0.05, 0.1) is 0 Å². The highest BCUT2D eigenvalue weighted by molar-refractivity contribution is 5.82. The van der Waals surface area contributed by atoms with Crippen molar-refractivity contribution in [2.24, 2.45) is 0 Å². The molecule has 0 fully saturated rings. The van der Waals surface area contributed by atoms with E-state index in [4.69, 9.17) is 0 Å². The van der Waals surface area contributed by atoms with Gasteiger partial charge < -0.3 is 10.3 Å². The van der Waals surface area contributed by atoms with Crippen molar-refractivity contribution in [1.29, 1.82) is 0 Å². The molecule has 0 bridgehead atoms. The first-order valence-corrected chi connectivity index (χ1v) is 6.83. The SMILES string of the molecule is Fc1cccc(CCNCc2c[nH]c3ccccc23)c1. The molecule has 0 spiro atoms. The molecule has 0 amide bonds. The summed E-state index contributed by atoms with van der Waals surface area (Å²) in [6, 6.07) is 15.0. The molecule has 3 rings (SSSR count). The molecular formula is C17H17FN2. The number of hydrogen-bond donors (Lipinski definition) is 2. The lowest BCUT2D eigenvalue weighted by molar-refractivity contribution is 0.622. The van der Waals surface area contributed by atoms with Crippen molar-refractivity contribution in [1.82, 2.24) is 10.3 Å². The van der Waals surface area contributed by atoms with Gasteiger partial charge in [0.25, 0.3) is 0 Å². The first kappa shape index (κ1) is 12.9. The number of hydrogen-bond acceptors (Lipinski definition) is 1. The molecule has 0 unspecified atom stereocenters. The number of para-hydroxylation sites is 1. The van der Waals surface area contributed by atoms with E-state index >= 15 is 0 Å². The maximum atomic E-state index is 13.0. The maximum Gasteiger partial charge on any atom is 0.123 e. The number of aromatic amines is 1. The van der Waals surface area contributed by atoms with Crippen molar-refractivity contribution < 1.29 is 4.39 Å². The van der Waals surface area contributed by atoms with Gasteiger partial charge in [0.15, 0.2) is 0 Å². The normalized spacial score (nSPS) is 11.1. The summed E-state index contributed by atoms with van der Waals surface area (Å²) in [7, 11) is 0. The molecule has 0 aliphatic heterocycles. The van der Waals surface area contributed by atoms with E-state index < -0.39 is 0 Å². The standard InChI is InChI=1S/C17H17FN2/c18-15-5-3-4-13(10-15)8-9-19-11-14-12-20-17-7-2-1-6-16(14)17/h1-7,10,12,19-20H,8-9,11H2. The highest BCUT2D eigenvalue weighted by Crippen LogP contribution is 2.17. The van der Waals surface area contributed by atoms with Gasteiger partial charge in [-0.3, -0.25) is 0 Å². The molecule has 0 saturated heterocycles. The van der Waals surface area contributed by atoms with Crippen LogP contribution in [-0.2, 0) is 13.0 Å². The molecule has 102 valence electrons. The van der Waals surface area contributed by atoms with Crippen molar-refractivity contribution in [2.75, 3.05) is 6.54 Å². The van der Waals surface area contributed by atoms with Gasteiger partial charge >= 0.3 is 0 Å². The third kappa shape index (κ3) is 2.89. The van der Waals surface area contributed by atoms with Crippen LogP contribution in [0.3, 0.4) is 0 Å². The molecule has 2 N–H and O–H groups in total. The average molecular weight is 268 g/mol. The fourth-order valence-electron chi connectivity index (χ4n) is 2.43. The van der Waals surface area contributed by atoms with E-state index in [0.717, 1.165) is 30.6 Å². The molecule has 3 aromatic rings. The van der Waals surface area contributed by atoms with Crippen molar-refractivity contribution >= 4 is 10.9 Å². The number of halogens is 1. The predicted molar refractivity (Wildman–Crippen MR) is 80.1 cm³/mol. The fraction of sp³-hybridized carbons (Fsp3) is 0.176. The van der Waals surface area contributed by atoms with Crippen LogP contribution in [0, 0.1) is 5.82 Å². The van der Waals surface area contributed by atoms with E-state index in [0.29, 0.717) is 0 Å². The first-order chi connectivity index (χ1) is 9.83. The second-order valence-electron chi connectivity index (χ2n) is 4.92. The Kier molecular flexibility index (Phi) is 3.79. The fourth-order valence-corrected chi connectivity index (χ4v) is 2.43. The van der Waals surface area contributed by atoms with Crippen LogP contribution < -0.4 is 5.32 Å².